The fourth-order valence-corrected chi connectivity index (χ4v) is 3.14. The Kier molecular flexibility index (Phi) is 4.86. The molecule has 1 atom stereocenters. The zero-order valence-corrected chi connectivity index (χ0v) is 13.8. The summed E-state index contributed by atoms with van der Waals surface area (Å²) in [4.78, 5) is 2.61. The van der Waals surface area contributed by atoms with Gasteiger partial charge in [-0.25, -0.2) is 0 Å². The highest BCUT2D eigenvalue weighted by molar-refractivity contribution is 9.08. The Labute approximate surface area is 125 Å². The van der Waals surface area contributed by atoms with Gasteiger partial charge in [-0.05, 0) is 51.3 Å². The molecule has 2 rings (SSSR count). The second kappa shape index (κ2) is 6.23. The van der Waals surface area contributed by atoms with E-state index in [1.54, 1.807) is 0 Å². The summed E-state index contributed by atoms with van der Waals surface area (Å²) >= 11 is 3.48. The second-order valence-electron chi connectivity index (χ2n) is 6.31. The van der Waals surface area contributed by atoms with Crippen molar-refractivity contribution in [2.45, 2.75) is 50.5 Å². The van der Waals surface area contributed by atoms with Crippen LogP contribution >= 0.6 is 15.9 Å². The summed E-state index contributed by atoms with van der Waals surface area (Å²) in [5.74, 6) is 0. The van der Waals surface area contributed by atoms with Crippen LogP contribution in [0.2, 0.25) is 0 Å². The summed E-state index contributed by atoms with van der Waals surface area (Å²) in [6.45, 7) is 8.15. The van der Waals surface area contributed by atoms with E-state index in [0.717, 1.165) is 5.33 Å². The minimum Gasteiger partial charge on any atom is -0.292 e. The lowest BCUT2D eigenvalue weighted by atomic mass is 10.0. The van der Waals surface area contributed by atoms with Crippen molar-refractivity contribution in [3.05, 3.63) is 41.5 Å². The third kappa shape index (κ3) is 3.93. The maximum Gasteiger partial charge on any atom is 0.0287 e. The van der Waals surface area contributed by atoms with E-state index >= 15 is 0 Å². The first-order valence-electron chi connectivity index (χ1n) is 7.10. The summed E-state index contributed by atoms with van der Waals surface area (Å²) in [6.07, 6.45) is 7.25. The van der Waals surface area contributed by atoms with Gasteiger partial charge in [-0.1, -0.05) is 52.3 Å². The lowest BCUT2D eigenvalue weighted by molar-refractivity contribution is 0.144. The molecule has 1 aromatic carbocycles. The van der Waals surface area contributed by atoms with Gasteiger partial charge in [0.1, 0.15) is 0 Å². The van der Waals surface area contributed by atoms with Crippen LogP contribution in [-0.2, 0) is 5.33 Å². The Balaban J connectivity index is 2.04. The minimum atomic E-state index is 0.269. The molecule has 1 fully saturated rings. The van der Waals surface area contributed by atoms with Crippen LogP contribution in [0.4, 0.5) is 0 Å². The summed E-state index contributed by atoms with van der Waals surface area (Å²) in [7, 11) is 0. The van der Waals surface area contributed by atoms with E-state index in [1.165, 1.54) is 30.5 Å². The highest BCUT2D eigenvalue weighted by Gasteiger charge is 2.30. The molecule has 1 saturated heterocycles. The number of hydrogen-bond acceptors (Lipinski definition) is 1. The molecule has 1 aliphatic heterocycles. The molecular weight excluding hydrogens is 298 g/mol. The number of likely N-dealkylation sites (tertiary alicyclic amines) is 1. The van der Waals surface area contributed by atoms with Crippen LogP contribution in [0.5, 0.6) is 0 Å². The fourth-order valence-electron chi connectivity index (χ4n) is 2.77. The van der Waals surface area contributed by atoms with E-state index in [2.05, 4.69) is 78.0 Å². The van der Waals surface area contributed by atoms with Gasteiger partial charge in [0.05, 0.1) is 0 Å². The molecule has 0 aromatic heterocycles. The third-order valence-electron chi connectivity index (χ3n) is 3.81. The van der Waals surface area contributed by atoms with Gasteiger partial charge >= 0.3 is 0 Å². The number of benzene rings is 1. The molecule has 104 valence electrons. The van der Waals surface area contributed by atoms with Crippen LogP contribution in [0.1, 0.15) is 44.7 Å². The maximum absolute atomic E-state index is 3.48. The average molecular weight is 322 g/mol. The van der Waals surface area contributed by atoms with E-state index in [-0.39, 0.29) is 5.54 Å². The second-order valence-corrected chi connectivity index (χ2v) is 6.87. The third-order valence-corrected chi connectivity index (χ3v) is 4.45. The van der Waals surface area contributed by atoms with Crippen molar-refractivity contribution in [3.8, 4) is 0 Å². The van der Waals surface area contributed by atoms with E-state index < -0.39 is 0 Å². The zero-order chi connectivity index (χ0) is 13.9. The first-order chi connectivity index (χ1) is 9.00. The van der Waals surface area contributed by atoms with Gasteiger partial charge in [0, 0.05) is 16.9 Å². The van der Waals surface area contributed by atoms with Gasteiger partial charge in [0.25, 0.3) is 0 Å². The Morgan fingerprint density at radius 1 is 1.26 bits per heavy atom. The standard InChI is InChI=1S/C17H24BrN/c1-17(2,3)19-12-4-5-16(19)11-10-14-6-8-15(13-18)9-7-14/h6-11,16H,4-5,12-13H2,1-3H3/b11-10+/t16-/m0/s1. The first-order valence-corrected chi connectivity index (χ1v) is 8.23. The Bertz CT molecular complexity index is 428. The van der Waals surface area contributed by atoms with Gasteiger partial charge in [0.2, 0.25) is 0 Å². The van der Waals surface area contributed by atoms with Crippen LogP contribution in [0.15, 0.2) is 30.3 Å². The molecule has 2 heteroatoms. The van der Waals surface area contributed by atoms with Crippen LogP contribution in [0.25, 0.3) is 6.08 Å². The molecule has 19 heavy (non-hydrogen) atoms. The number of hydrogen-bond donors (Lipinski definition) is 0. The van der Waals surface area contributed by atoms with Crippen molar-refractivity contribution >= 4 is 22.0 Å². The first kappa shape index (κ1) is 14.8. The van der Waals surface area contributed by atoms with E-state index in [9.17, 15) is 0 Å². The van der Waals surface area contributed by atoms with Gasteiger partial charge < -0.3 is 0 Å². The SMILES string of the molecule is CC(C)(C)N1CCC[C@H]1/C=C/c1ccc(CBr)cc1. The largest absolute Gasteiger partial charge is 0.292 e. The summed E-state index contributed by atoms with van der Waals surface area (Å²) in [5.41, 5.74) is 2.89. The molecule has 1 aliphatic rings. The predicted molar refractivity (Wildman–Crippen MR) is 87.6 cm³/mol. The van der Waals surface area contributed by atoms with Gasteiger partial charge in [-0.3, -0.25) is 4.90 Å². The topological polar surface area (TPSA) is 3.24 Å². The Hall–Kier alpha value is -0.600. The van der Waals surface area contributed by atoms with Crippen molar-refractivity contribution in [2.24, 2.45) is 0 Å². The molecular formula is C17H24BrN. The van der Waals surface area contributed by atoms with Crippen molar-refractivity contribution in [1.29, 1.82) is 0 Å². The maximum atomic E-state index is 3.48. The molecule has 0 bridgehead atoms. The lowest BCUT2D eigenvalue weighted by Crippen LogP contribution is -2.43. The van der Waals surface area contributed by atoms with Gasteiger partial charge in [-0.2, -0.15) is 0 Å². The normalized spacial score (nSPS) is 21.4. The molecule has 1 nitrogen and oxygen atoms in total. The Morgan fingerprint density at radius 2 is 1.95 bits per heavy atom. The predicted octanol–water partition coefficient (Wildman–Crippen LogP) is 4.86. The van der Waals surface area contributed by atoms with Crippen molar-refractivity contribution < 1.29 is 0 Å². The van der Waals surface area contributed by atoms with E-state index in [4.69, 9.17) is 0 Å². The highest BCUT2D eigenvalue weighted by atomic mass is 79.9. The quantitative estimate of drug-likeness (QED) is 0.719. The minimum absolute atomic E-state index is 0.269. The highest BCUT2D eigenvalue weighted by Crippen LogP contribution is 2.27. The summed E-state index contributed by atoms with van der Waals surface area (Å²) in [6, 6.07) is 9.36. The van der Waals surface area contributed by atoms with Crippen LogP contribution in [0, 0.1) is 0 Å². The molecule has 0 spiro atoms. The average Bonchev–Trinajstić information content (AvgIpc) is 2.85. The monoisotopic (exact) mass is 321 g/mol. The summed E-state index contributed by atoms with van der Waals surface area (Å²) in [5, 5.41) is 0.928. The van der Waals surface area contributed by atoms with Gasteiger partial charge in [-0.15, -0.1) is 0 Å². The van der Waals surface area contributed by atoms with Crippen LogP contribution < -0.4 is 0 Å². The fraction of sp³-hybridized carbons (Fsp3) is 0.529. The molecule has 0 N–H and O–H groups in total. The van der Waals surface area contributed by atoms with Crippen LogP contribution in [-0.4, -0.2) is 23.0 Å². The van der Waals surface area contributed by atoms with Crippen LogP contribution in [0.3, 0.4) is 0 Å². The van der Waals surface area contributed by atoms with Crippen molar-refractivity contribution in [1.82, 2.24) is 4.90 Å². The molecule has 1 heterocycles. The number of nitrogens with zero attached hydrogens (tertiary/aromatic N) is 1. The lowest BCUT2D eigenvalue weighted by Gasteiger charge is -2.35. The number of rotatable bonds is 3. The summed E-state index contributed by atoms with van der Waals surface area (Å²) < 4.78 is 0. The molecule has 0 aliphatic carbocycles. The molecule has 0 unspecified atom stereocenters. The molecule has 0 saturated carbocycles. The molecule has 0 amide bonds. The number of alkyl halides is 1. The van der Waals surface area contributed by atoms with Crippen molar-refractivity contribution in [3.63, 3.8) is 0 Å². The number of halogens is 1. The zero-order valence-electron chi connectivity index (χ0n) is 12.2. The molecule has 1 aromatic rings. The molecule has 0 radical (unpaired) electrons. The Morgan fingerprint density at radius 3 is 2.53 bits per heavy atom. The van der Waals surface area contributed by atoms with Crippen molar-refractivity contribution in [2.75, 3.05) is 6.54 Å². The van der Waals surface area contributed by atoms with E-state index in [0.29, 0.717) is 6.04 Å². The van der Waals surface area contributed by atoms with E-state index in [1.807, 2.05) is 0 Å². The smallest absolute Gasteiger partial charge is 0.0287 e. The van der Waals surface area contributed by atoms with Gasteiger partial charge in [0.15, 0.2) is 0 Å².